The molecule has 5 amide bonds. The lowest BCUT2D eigenvalue weighted by Crippen LogP contribution is -2.40. The Morgan fingerprint density at radius 2 is 1.00 bits per heavy atom. The van der Waals surface area contributed by atoms with E-state index >= 15 is 0 Å². The molecule has 1 saturated heterocycles. The van der Waals surface area contributed by atoms with Gasteiger partial charge in [0, 0.05) is 68.0 Å². The fourth-order valence-electron chi connectivity index (χ4n) is 7.98. The summed E-state index contributed by atoms with van der Waals surface area (Å²) in [5.41, 5.74) is 2.61. The summed E-state index contributed by atoms with van der Waals surface area (Å²) in [6.07, 6.45) is 9.12. The van der Waals surface area contributed by atoms with Crippen molar-refractivity contribution >= 4 is 58.7 Å². The molecule has 0 radical (unpaired) electrons. The van der Waals surface area contributed by atoms with Crippen molar-refractivity contribution in [1.29, 1.82) is 0 Å². The molecule has 0 bridgehead atoms. The molecule has 1 aliphatic heterocycles. The molecular weight excluding hydrogens is 1170 g/mol. The molecular formula is C60H99Cl2N5O17S. The molecule has 2 aromatic rings. The van der Waals surface area contributed by atoms with E-state index in [0.717, 1.165) is 69.1 Å². The molecule has 2 aromatic carbocycles. The maximum absolute atomic E-state index is 12.6. The Bertz CT molecular complexity index is 1980. The van der Waals surface area contributed by atoms with Gasteiger partial charge in [0.2, 0.25) is 11.8 Å². The second-order valence-electron chi connectivity index (χ2n) is 19.5. The molecule has 3 rings (SSSR count). The van der Waals surface area contributed by atoms with E-state index in [1.807, 2.05) is 42.1 Å². The summed E-state index contributed by atoms with van der Waals surface area (Å²) in [7, 11) is 1.62. The number of thioether (sulfide) groups is 1. The molecule has 486 valence electrons. The van der Waals surface area contributed by atoms with Crippen LogP contribution in [0.15, 0.2) is 42.5 Å². The average molecular weight is 1270 g/mol. The van der Waals surface area contributed by atoms with Crippen LogP contribution in [0.25, 0.3) is 0 Å². The zero-order chi connectivity index (χ0) is 60.7. The smallest absolute Gasteiger partial charge is 0.314 e. The molecule has 1 aliphatic rings. The highest BCUT2D eigenvalue weighted by atomic mass is 35.5. The SMILES string of the molecule is CNC(=O)NC1CS[C@@H](CCCCC(=O)NCCOCCOCCOCCOCCOCCOCCOCCOCCOCCOCCOCCOCCC(=O)NCc2ccc(C(=O)NCCCCOc3ccc(CCCCCl)cc3Cl)cc2)C1. The zero-order valence-corrected chi connectivity index (χ0v) is 52.6. The van der Waals surface area contributed by atoms with Gasteiger partial charge in [-0.15, -0.1) is 11.6 Å². The Labute approximate surface area is 519 Å². The third-order valence-electron chi connectivity index (χ3n) is 12.6. The molecule has 0 aromatic heterocycles. The molecule has 1 heterocycles. The topological polar surface area (TPSA) is 248 Å². The highest BCUT2D eigenvalue weighted by Crippen LogP contribution is 2.31. The van der Waals surface area contributed by atoms with E-state index in [2.05, 4.69) is 26.6 Å². The molecule has 1 unspecified atom stereocenters. The van der Waals surface area contributed by atoms with Gasteiger partial charge in [0.15, 0.2) is 0 Å². The van der Waals surface area contributed by atoms with Crippen molar-refractivity contribution in [2.24, 2.45) is 0 Å². The van der Waals surface area contributed by atoms with Crippen molar-refractivity contribution in [3.05, 3.63) is 64.2 Å². The average Bonchev–Trinajstić information content (AvgIpc) is 4.07. The number of ether oxygens (including phenoxy) is 13. The van der Waals surface area contributed by atoms with Crippen LogP contribution in [0.5, 0.6) is 5.75 Å². The molecule has 5 N–H and O–H groups in total. The number of rotatable bonds is 58. The Hall–Kier alpha value is -3.63. The van der Waals surface area contributed by atoms with Crippen LogP contribution in [0.4, 0.5) is 4.79 Å². The number of alkyl halides is 1. The fraction of sp³-hybridized carbons (Fsp3) is 0.733. The van der Waals surface area contributed by atoms with Crippen molar-refractivity contribution in [3.63, 3.8) is 0 Å². The lowest BCUT2D eigenvalue weighted by molar-refractivity contribution is -0.123. The minimum atomic E-state index is -0.150. The number of carbonyl (C=O) groups is 4. The molecule has 0 spiro atoms. The predicted octanol–water partition coefficient (Wildman–Crippen LogP) is 6.18. The number of nitrogens with one attached hydrogen (secondary N) is 5. The standard InChI is InChI=1S/C60H99Cl2N5O17S/c1-63-60(71)67-53-47-54(85-49-53)9-2-3-10-57(68)64-20-23-73-25-27-75-29-31-77-33-35-79-37-39-81-41-43-83-45-44-82-42-40-80-38-36-78-34-32-76-30-28-74-26-24-72-22-17-58(69)66-48-51-11-14-52(15-12-51)59(70)65-19-6-7-21-84-56-16-13-50(46-55(56)62)8-4-5-18-61/h11-16,46,53-54H,2-10,17-45,47-49H2,1H3,(H,64,68)(H,65,70)(H,66,69)(H2,63,67,71)/t53?,54-/m0/s1. The van der Waals surface area contributed by atoms with Gasteiger partial charge in [-0.05, 0) is 86.8 Å². The maximum atomic E-state index is 12.6. The van der Waals surface area contributed by atoms with E-state index in [1.165, 1.54) is 5.56 Å². The number of aryl methyl sites for hydroxylation is 1. The first-order chi connectivity index (χ1) is 41.8. The second-order valence-corrected chi connectivity index (χ2v) is 21.6. The Morgan fingerprint density at radius 1 is 0.506 bits per heavy atom. The summed E-state index contributed by atoms with van der Waals surface area (Å²) in [6.45, 7) is 12.6. The van der Waals surface area contributed by atoms with Crippen molar-refractivity contribution < 1.29 is 80.8 Å². The van der Waals surface area contributed by atoms with Gasteiger partial charge in [-0.2, -0.15) is 11.8 Å². The van der Waals surface area contributed by atoms with Crippen molar-refractivity contribution in [1.82, 2.24) is 26.6 Å². The minimum absolute atomic E-state index is 0.0450. The van der Waals surface area contributed by atoms with Gasteiger partial charge in [0.05, 0.1) is 170 Å². The summed E-state index contributed by atoms with van der Waals surface area (Å²) in [4.78, 5) is 48.5. The highest BCUT2D eigenvalue weighted by Gasteiger charge is 2.26. The van der Waals surface area contributed by atoms with Crippen LogP contribution < -0.4 is 31.3 Å². The quantitative estimate of drug-likeness (QED) is 0.0367. The normalized spacial score (nSPS) is 13.9. The first-order valence-electron chi connectivity index (χ1n) is 30.2. The second kappa shape index (κ2) is 54.5. The van der Waals surface area contributed by atoms with Gasteiger partial charge in [-0.1, -0.05) is 36.2 Å². The zero-order valence-electron chi connectivity index (χ0n) is 50.3. The van der Waals surface area contributed by atoms with Crippen molar-refractivity contribution in [2.75, 3.05) is 197 Å². The molecule has 22 nitrogen and oxygen atoms in total. The van der Waals surface area contributed by atoms with Crippen LogP contribution in [0, 0.1) is 0 Å². The third-order valence-corrected chi connectivity index (χ3v) is 14.7. The molecule has 25 heteroatoms. The van der Waals surface area contributed by atoms with E-state index in [1.54, 1.807) is 19.2 Å². The number of halogens is 2. The summed E-state index contributed by atoms with van der Waals surface area (Å²) >= 11 is 14.1. The van der Waals surface area contributed by atoms with E-state index in [4.69, 9.17) is 84.8 Å². The van der Waals surface area contributed by atoms with Crippen molar-refractivity contribution in [2.45, 2.75) is 88.5 Å². The van der Waals surface area contributed by atoms with E-state index in [-0.39, 0.29) is 42.8 Å². The predicted molar refractivity (Wildman–Crippen MR) is 329 cm³/mol. The molecule has 0 aliphatic carbocycles. The lowest BCUT2D eigenvalue weighted by atomic mass is 10.1. The minimum Gasteiger partial charge on any atom is -0.492 e. The van der Waals surface area contributed by atoms with Crippen LogP contribution in [0.2, 0.25) is 5.02 Å². The van der Waals surface area contributed by atoms with Crippen LogP contribution in [0.3, 0.4) is 0 Å². The lowest BCUT2D eigenvalue weighted by Gasteiger charge is -2.12. The number of hydrogen-bond donors (Lipinski definition) is 5. The van der Waals surface area contributed by atoms with Crippen LogP contribution in [0.1, 0.15) is 85.7 Å². The van der Waals surface area contributed by atoms with Crippen molar-refractivity contribution in [3.8, 4) is 5.75 Å². The number of hydrogen-bond acceptors (Lipinski definition) is 18. The summed E-state index contributed by atoms with van der Waals surface area (Å²) < 4.78 is 72.2. The first-order valence-corrected chi connectivity index (χ1v) is 32.1. The molecule has 0 saturated carbocycles. The Balaban J connectivity index is 0.924. The van der Waals surface area contributed by atoms with Crippen LogP contribution >= 0.6 is 35.0 Å². The van der Waals surface area contributed by atoms with Gasteiger partial charge in [0.1, 0.15) is 5.75 Å². The van der Waals surface area contributed by atoms with Gasteiger partial charge in [0.25, 0.3) is 5.91 Å². The number of unbranched alkanes of at least 4 members (excludes halogenated alkanes) is 3. The van der Waals surface area contributed by atoms with E-state index in [9.17, 15) is 19.2 Å². The highest BCUT2D eigenvalue weighted by molar-refractivity contribution is 8.00. The summed E-state index contributed by atoms with van der Waals surface area (Å²) in [6, 6.07) is 13.1. The molecule has 2 atom stereocenters. The van der Waals surface area contributed by atoms with Gasteiger partial charge in [-0.3, -0.25) is 14.4 Å². The Kier molecular flexibility index (Phi) is 48.5. The largest absolute Gasteiger partial charge is 0.492 e. The van der Waals surface area contributed by atoms with Gasteiger partial charge < -0.3 is 88.2 Å². The van der Waals surface area contributed by atoms with E-state index in [0.29, 0.717) is 212 Å². The maximum Gasteiger partial charge on any atom is 0.314 e. The monoisotopic (exact) mass is 1260 g/mol. The first kappa shape index (κ1) is 75.6. The van der Waals surface area contributed by atoms with Crippen LogP contribution in [-0.2, 0) is 79.4 Å². The third kappa shape index (κ3) is 43.6. The van der Waals surface area contributed by atoms with Crippen LogP contribution in [-0.4, -0.2) is 232 Å². The Morgan fingerprint density at radius 3 is 1.51 bits per heavy atom. The number of benzene rings is 2. The fourth-order valence-corrected chi connectivity index (χ4v) is 9.85. The summed E-state index contributed by atoms with van der Waals surface area (Å²) in [5, 5.41) is 15.4. The number of carbonyl (C=O) groups excluding carboxylic acids is 4. The molecule has 1 fully saturated rings. The van der Waals surface area contributed by atoms with Gasteiger partial charge >= 0.3 is 6.03 Å². The summed E-state index contributed by atoms with van der Waals surface area (Å²) in [5.74, 6) is 2.04. The van der Waals surface area contributed by atoms with Gasteiger partial charge in [-0.25, -0.2) is 4.79 Å². The number of urea groups is 1. The van der Waals surface area contributed by atoms with E-state index < -0.39 is 0 Å². The molecule has 85 heavy (non-hydrogen) atoms. The number of amides is 5.